The van der Waals surface area contributed by atoms with Gasteiger partial charge in [-0.05, 0) is 19.1 Å². The molecule has 0 unspecified atom stereocenters. The maximum atomic E-state index is 5.64. The minimum absolute atomic E-state index is 0.637. The Morgan fingerprint density at radius 3 is 2.65 bits per heavy atom. The predicted molar refractivity (Wildman–Crippen MR) is 68.3 cm³/mol. The van der Waals surface area contributed by atoms with E-state index in [1.807, 2.05) is 31.2 Å². The number of nitrogen functional groups attached to an aromatic ring is 1. The van der Waals surface area contributed by atoms with Gasteiger partial charge in [0.1, 0.15) is 5.75 Å². The van der Waals surface area contributed by atoms with E-state index < -0.39 is 0 Å². The van der Waals surface area contributed by atoms with Crippen LogP contribution in [0.5, 0.6) is 5.75 Å². The summed E-state index contributed by atoms with van der Waals surface area (Å²) in [4.78, 5) is 0. The molecule has 1 aromatic carbocycles. The lowest BCUT2D eigenvalue weighted by atomic mass is 10.3. The quantitative estimate of drug-likeness (QED) is 0.529. The molecule has 0 aliphatic rings. The average Bonchev–Trinajstić information content (AvgIpc) is 2.33. The molecule has 0 radical (unpaired) electrons. The molecule has 4 nitrogen and oxygen atoms in total. The van der Waals surface area contributed by atoms with Crippen LogP contribution in [-0.2, 0) is 9.47 Å². The lowest BCUT2D eigenvalue weighted by molar-refractivity contribution is 0.0482. The van der Waals surface area contributed by atoms with E-state index in [1.165, 1.54) is 0 Å². The van der Waals surface area contributed by atoms with Gasteiger partial charge in [-0.1, -0.05) is 6.07 Å². The van der Waals surface area contributed by atoms with Crippen LogP contribution in [0.15, 0.2) is 24.3 Å². The molecule has 17 heavy (non-hydrogen) atoms. The molecule has 1 rings (SSSR count). The SMILES string of the molecule is CCOCCOCCCOc1cccc(N)c1. The van der Waals surface area contributed by atoms with Gasteiger partial charge in [0.15, 0.2) is 0 Å². The van der Waals surface area contributed by atoms with E-state index in [9.17, 15) is 0 Å². The Morgan fingerprint density at radius 1 is 1.06 bits per heavy atom. The maximum absolute atomic E-state index is 5.64. The van der Waals surface area contributed by atoms with Crippen molar-refractivity contribution in [3.63, 3.8) is 0 Å². The number of ether oxygens (including phenoxy) is 3. The van der Waals surface area contributed by atoms with Gasteiger partial charge >= 0.3 is 0 Å². The Kier molecular flexibility index (Phi) is 7.18. The monoisotopic (exact) mass is 239 g/mol. The molecule has 0 atom stereocenters. The molecule has 0 amide bonds. The van der Waals surface area contributed by atoms with Crippen molar-refractivity contribution in [3.8, 4) is 5.75 Å². The highest BCUT2D eigenvalue weighted by Gasteiger charge is 1.94. The van der Waals surface area contributed by atoms with Gasteiger partial charge < -0.3 is 19.9 Å². The van der Waals surface area contributed by atoms with E-state index >= 15 is 0 Å². The summed E-state index contributed by atoms with van der Waals surface area (Å²) in [6.07, 6.45) is 0.862. The van der Waals surface area contributed by atoms with Crippen molar-refractivity contribution in [3.05, 3.63) is 24.3 Å². The Labute approximate surface area is 103 Å². The fraction of sp³-hybridized carbons (Fsp3) is 0.538. The summed E-state index contributed by atoms with van der Waals surface area (Å²) < 4.78 is 16.0. The molecule has 1 aromatic rings. The lowest BCUT2D eigenvalue weighted by Crippen LogP contribution is -2.07. The topological polar surface area (TPSA) is 53.7 Å². The van der Waals surface area contributed by atoms with Crippen LogP contribution in [0.3, 0.4) is 0 Å². The van der Waals surface area contributed by atoms with E-state index in [0.717, 1.165) is 24.5 Å². The highest BCUT2D eigenvalue weighted by Crippen LogP contribution is 2.14. The first kappa shape index (κ1) is 13.8. The number of benzene rings is 1. The van der Waals surface area contributed by atoms with Gasteiger partial charge in [-0.25, -0.2) is 0 Å². The van der Waals surface area contributed by atoms with Crippen LogP contribution in [0.2, 0.25) is 0 Å². The van der Waals surface area contributed by atoms with E-state index in [4.69, 9.17) is 19.9 Å². The second kappa shape index (κ2) is 8.84. The van der Waals surface area contributed by atoms with Crippen molar-refractivity contribution in [2.45, 2.75) is 13.3 Å². The number of nitrogens with two attached hydrogens (primary N) is 1. The molecule has 0 aliphatic heterocycles. The van der Waals surface area contributed by atoms with E-state index in [2.05, 4.69) is 0 Å². The normalized spacial score (nSPS) is 10.4. The van der Waals surface area contributed by atoms with Gasteiger partial charge in [0.25, 0.3) is 0 Å². The van der Waals surface area contributed by atoms with Gasteiger partial charge in [0.2, 0.25) is 0 Å². The Balaban J connectivity index is 1.97. The molecule has 0 saturated carbocycles. The lowest BCUT2D eigenvalue weighted by Gasteiger charge is -2.07. The molecule has 0 bridgehead atoms. The van der Waals surface area contributed by atoms with E-state index in [0.29, 0.717) is 26.4 Å². The molecular formula is C13H21NO3. The number of hydrogen-bond donors (Lipinski definition) is 1. The molecule has 0 spiro atoms. The zero-order valence-electron chi connectivity index (χ0n) is 10.4. The van der Waals surface area contributed by atoms with Crippen LogP contribution in [0, 0.1) is 0 Å². The van der Waals surface area contributed by atoms with Gasteiger partial charge in [-0.2, -0.15) is 0 Å². The molecule has 0 aliphatic carbocycles. The second-order valence-electron chi connectivity index (χ2n) is 3.58. The number of hydrogen-bond acceptors (Lipinski definition) is 4. The van der Waals surface area contributed by atoms with E-state index in [-0.39, 0.29) is 0 Å². The van der Waals surface area contributed by atoms with Crippen LogP contribution in [0.25, 0.3) is 0 Å². The summed E-state index contributed by atoms with van der Waals surface area (Å²) in [5, 5.41) is 0. The molecular weight excluding hydrogens is 218 g/mol. The fourth-order valence-electron chi connectivity index (χ4n) is 1.32. The predicted octanol–water partition coefficient (Wildman–Crippen LogP) is 2.09. The van der Waals surface area contributed by atoms with Crippen molar-refractivity contribution in [1.29, 1.82) is 0 Å². The Morgan fingerprint density at radius 2 is 1.88 bits per heavy atom. The van der Waals surface area contributed by atoms with Crippen molar-refractivity contribution >= 4 is 5.69 Å². The standard InChI is InChI=1S/C13H21NO3/c1-2-15-9-10-16-7-4-8-17-13-6-3-5-12(14)11-13/h3,5-6,11H,2,4,7-10,14H2,1H3. The van der Waals surface area contributed by atoms with E-state index in [1.54, 1.807) is 0 Å². The van der Waals surface area contributed by atoms with Gasteiger partial charge in [0, 0.05) is 31.4 Å². The van der Waals surface area contributed by atoms with Crippen LogP contribution < -0.4 is 10.5 Å². The summed E-state index contributed by atoms with van der Waals surface area (Å²) in [6, 6.07) is 7.43. The minimum atomic E-state index is 0.637. The van der Waals surface area contributed by atoms with Gasteiger partial charge in [-0.15, -0.1) is 0 Å². The van der Waals surface area contributed by atoms with Gasteiger partial charge in [-0.3, -0.25) is 0 Å². The molecule has 0 saturated heterocycles. The zero-order chi connectivity index (χ0) is 12.3. The van der Waals surface area contributed by atoms with Crippen molar-refractivity contribution in [2.24, 2.45) is 0 Å². The smallest absolute Gasteiger partial charge is 0.121 e. The van der Waals surface area contributed by atoms with Crippen LogP contribution in [0.1, 0.15) is 13.3 Å². The third kappa shape index (κ3) is 6.81. The van der Waals surface area contributed by atoms with Crippen LogP contribution >= 0.6 is 0 Å². The minimum Gasteiger partial charge on any atom is -0.493 e. The second-order valence-corrected chi connectivity index (χ2v) is 3.58. The summed E-state index contributed by atoms with van der Waals surface area (Å²) in [5.41, 5.74) is 6.36. The van der Waals surface area contributed by atoms with Crippen LogP contribution in [-0.4, -0.2) is 33.0 Å². The summed E-state index contributed by atoms with van der Waals surface area (Å²) in [7, 11) is 0. The van der Waals surface area contributed by atoms with Crippen molar-refractivity contribution in [1.82, 2.24) is 0 Å². The summed E-state index contributed by atoms with van der Waals surface area (Å²) in [6.45, 7) is 5.34. The van der Waals surface area contributed by atoms with Crippen molar-refractivity contribution in [2.75, 3.05) is 38.8 Å². The average molecular weight is 239 g/mol. The largest absolute Gasteiger partial charge is 0.493 e. The molecule has 4 heteroatoms. The first-order chi connectivity index (χ1) is 8.33. The Hall–Kier alpha value is -1.26. The first-order valence-corrected chi connectivity index (χ1v) is 5.96. The number of rotatable bonds is 9. The molecule has 96 valence electrons. The fourth-order valence-corrected chi connectivity index (χ4v) is 1.32. The first-order valence-electron chi connectivity index (χ1n) is 5.96. The van der Waals surface area contributed by atoms with Gasteiger partial charge in [0.05, 0.1) is 19.8 Å². The Bertz CT molecular complexity index is 304. The zero-order valence-corrected chi connectivity index (χ0v) is 10.4. The molecule has 0 fully saturated rings. The molecule has 0 heterocycles. The highest BCUT2D eigenvalue weighted by atomic mass is 16.5. The van der Waals surface area contributed by atoms with Crippen molar-refractivity contribution < 1.29 is 14.2 Å². The third-order valence-corrected chi connectivity index (χ3v) is 2.14. The maximum Gasteiger partial charge on any atom is 0.121 e. The molecule has 2 N–H and O–H groups in total. The summed E-state index contributed by atoms with van der Waals surface area (Å²) in [5.74, 6) is 0.805. The van der Waals surface area contributed by atoms with Crippen LogP contribution in [0.4, 0.5) is 5.69 Å². The highest BCUT2D eigenvalue weighted by molar-refractivity contribution is 5.43. The third-order valence-electron chi connectivity index (χ3n) is 2.14. The number of anilines is 1. The molecule has 0 aromatic heterocycles. The summed E-state index contributed by atoms with van der Waals surface area (Å²) >= 11 is 0.